The molecule has 0 spiro atoms. The van der Waals surface area contributed by atoms with E-state index < -0.39 is 12.9 Å². The molecular weight excluding hydrogens is 254 g/mol. The van der Waals surface area contributed by atoms with Gasteiger partial charge in [-0.15, -0.1) is 11.8 Å². The van der Waals surface area contributed by atoms with Crippen molar-refractivity contribution < 1.29 is 14.4 Å². The van der Waals surface area contributed by atoms with Crippen LogP contribution in [0.15, 0.2) is 35.5 Å². The number of benzene rings is 1. The van der Waals surface area contributed by atoms with Gasteiger partial charge in [0.05, 0.1) is 6.20 Å². The molecule has 18 heavy (non-hydrogen) atoms. The van der Waals surface area contributed by atoms with E-state index in [9.17, 15) is 4.39 Å². The van der Waals surface area contributed by atoms with E-state index >= 15 is 0 Å². The average Bonchev–Trinajstić information content (AvgIpc) is 2.73. The molecule has 4 nitrogen and oxygen atoms in total. The Morgan fingerprint density at radius 3 is 2.78 bits per heavy atom. The van der Waals surface area contributed by atoms with E-state index in [-0.39, 0.29) is 5.46 Å². The van der Waals surface area contributed by atoms with Crippen molar-refractivity contribution in [1.29, 1.82) is 0 Å². The van der Waals surface area contributed by atoms with Gasteiger partial charge in [0.2, 0.25) is 0 Å². The van der Waals surface area contributed by atoms with Crippen molar-refractivity contribution in [2.24, 2.45) is 7.05 Å². The minimum absolute atomic E-state index is 0.155. The van der Waals surface area contributed by atoms with E-state index in [1.807, 2.05) is 13.2 Å². The number of aryl methyl sites for hydroxylation is 1. The monoisotopic (exact) mass is 266 g/mol. The van der Waals surface area contributed by atoms with Gasteiger partial charge in [-0.1, -0.05) is 12.1 Å². The number of nitrogens with zero attached hydrogens (tertiary/aromatic N) is 2. The first-order chi connectivity index (χ1) is 8.56. The highest BCUT2D eigenvalue weighted by Gasteiger charge is 2.13. The summed E-state index contributed by atoms with van der Waals surface area (Å²) in [5, 5.41) is 21.9. The van der Waals surface area contributed by atoms with Crippen LogP contribution in [0.1, 0.15) is 5.56 Å². The van der Waals surface area contributed by atoms with Crippen LogP contribution in [-0.4, -0.2) is 26.9 Å². The normalized spacial score (nSPS) is 10.7. The first kappa shape index (κ1) is 13.1. The Hall–Kier alpha value is -1.31. The molecule has 0 unspecified atom stereocenters. The van der Waals surface area contributed by atoms with Crippen molar-refractivity contribution in [2.45, 2.75) is 10.6 Å². The number of hydrogen-bond donors (Lipinski definition) is 2. The van der Waals surface area contributed by atoms with Gasteiger partial charge in [0, 0.05) is 23.9 Å². The van der Waals surface area contributed by atoms with Crippen LogP contribution in [0.3, 0.4) is 0 Å². The van der Waals surface area contributed by atoms with Crippen LogP contribution in [0.4, 0.5) is 4.39 Å². The summed E-state index contributed by atoms with van der Waals surface area (Å²) >= 11 is 1.47. The molecule has 0 atom stereocenters. The highest BCUT2D eigenvalue weighted by Crippen LogP contribution is 2.22. The summed E-state index contributed by atoms with van der Waals surface area (Å²) in [5.74, 6) is 0.0382. The number of hydrogen-bond acceptors (Lipinski definition) is 4. The van der Waals surface area contributed by atoms with Gasteiger partial charge in [-0.2, -0.15) is 5.10 Å². The van der Waals surface area contributed by atoms with Crippen LogP contribution >= 0.6 is 11.8 Å². The molecule has 0 aliphatic rings. The fraction of sp³-hybridized carbons (Fsp3) is 0.182. The van der Waals surface area contributed by atoms with Crippen LogP contribution < -0.4 is 5.46 Å². The minimum Gasteiger partial charge on any atom is -0.423 e. The molecule has 0 aliphatic heterocycles. The lowest BCUT2D eigenvalue weighted by atomic mass is 9.80. The highest BCUT2D eigenvalue weighted by molar-refractivity contribution is 7.98. The third kappa shape index (κ3) is 3.13. The van der Waals surface area contributed by atoms with Crippen molar-refractivity contribution in [2.75, 3.05) is 0 Å². The van der Waals surface area contributed by atoms with Gasteiger partial charge in [0.25, 0.3) is 0 Å². The van der Waals surface area contributed by atoms with Crippen molar-refractivity contribution in [3.63, 3.8) is 0 Å². The first-order valence-electron chi connectivity index (χ1n) is 5.32. The number of rotatable bonds is 4. The van der Waals surface area contributed by atoms with Crippen molar-refractivity contribution >= 4 is 24.3 Å². The third-order valence-electron chi connectivity index (χ3n) is 2.45. The lowest BCUT2D eigenvalue weighted by Gasteiger charge is -2.04. The Balaban J connectivity index is 2.05. The van der Waals surface area contributed by atoms with Crippen LogP contribution in [0.5, 0.6) is 0 Å². The molecule has 2 N–H and O–H groups in total. The smallest absolute Gasteiger partial charge is 0.423 e. The Morgan fingerprint density at radius 1 is 1.44 bits per heavy atom. The van der Waals surface area contributed by atoms with Gasteiger partial charge in [0.1, 0.15) is 5.82 Å². The largest absolute Gasteiger partial charge is 0.488 e. The van der Waals surface area contributed by atoms with Crippen LogP contribution in [0, 0.1) is 5.82 Å². The summed E-state index contributed by atoms with van der Waals surface area (Å²) in [5.41, 5.74) is 0.677. The van der Waals surface area contributed by atoms with E-state index in [1.165, 1.54) is 17.8 Å². The van der Waals surface area contributed by atoms with E-state index in [4.69, 9.17) is 10.0 Å². The maximum Gasteiger partial charge on any atom is 0.488 e. The average molecular weight is 266 g/mol. The fourth-order valence-corrected chi connectivity index (χ4v) is 2.38. The quantitative estimate of drug-likeness (QED) is 0.626. The second-order valence-electron chi connectivity index (χ2n) is 3.86. The summed E-state index contributed by atoms with van der Waals surface area (Å²) < 4.78 is 15.3. The molecule has 2 rings (SSSR count). The molecule has 0 fully saturated rings. The molecule has 0 saturated heterocycles. The van der Waals surface area contributed by atoms with Gasteiger partial charge in [-0.3, -0.25) is 4.68 Å². The zero-order valence-electron chi connectivity index (χ0n) is 9.75. The van der Waals surface area contributed by atoms with Crippen molar-refractivity contribution in [3.8, 4) is 0 Å². The summed E-state index contributed by atoms with van der Waals surface area (Å²) in [7, 11) is 0.182. The van der Waals surface area contributed by atoms with Crippen molar-refractivity contribution in [3.05, 3.63) is 42.0 Å². The number of aromatic nitrogens is 2. The van der Waals surface area contributed by atoms with Gasteiger partial charge in [-0.05, 0) is 17.1 Å². The molecule has 1 heterocycles. The molecule has 2 aromatic rings. The summed E-state index contributed by atoms with van der Waals surface area (Å²) in [6.45, 7) is 0. The SMILES string of the molecule is Cn1cc(SCc2ccc(B(O)O)cc2F)cn1. The van der Waals surface area contributed by atoms with E-state index in [2.05, 4.69) is 5.10 Å². The molecule has 0 bridgehead atoms. The summed E-state index contributed by atoms with van der Waals surface area (Å²) in [4.78, 5) is 0.961. The minimum atomic E-state index is -1.64. The second kappa shape index (κ2) is 5.56. The highest BCUT2D eigenvalue weighted by atomic mass is 32.2. The molecular formula is C11H12BFN2O2S. The maximum absolute atomic E-state index is 13.7. The van der Waals surface area contributed by atoms with Gasteiger partial charge in [-0.25, -0.2) is 4.39 Å². The molecule has 1 aromatic heterocycles. The molecule has 1 aromatic carbocycles. The number of thioether (sulfide) groups is 1. The zero-order valence-corrected chi connectivity index (χ0v) is 10.6. The first-order valence-corrected chi connectivity index (χ1v) is 6.31. The summed E-state index contributed by atoms with van der Waals surface area (Å²) in [6, 6.07) is 4.21. The molecule has 94 valence electrons. The molecule has 0 amide bonds. The molecule has 0 saturated carbocycles. The summed E-state index contributed by atoms with van der Waals surface area (Å²) in [6.07, 6.45) is 3.57. The molecule has 0 radical (unpaired) electrons. The second-order valence-corrected chi connectivity index (χ2v) is 4.91. The predicted molar refractivity (Wildman–Crippen MR) is 69.0 cm³/mol. The van der Waals surface area contributed by atoms with Crippen LogP contribution in [0.25, 0.3) is 0 Å². The number of halogens is 1. The Kier molecular flexibility index (Phi) is 4.06. The third-order valence-corrected chi connectivity index (χ3v) is 3.45. The lowest BCUT2D eigenvalue weighted by Crippen LogP contribution is -2.30. The van der Waals surface area contributed by atoms with Crippen LogP contribution in [0.2, 0.25) is 0 Å². The topological polar surface area (TPSA) is 58.3 Å². The maximum atomic E-state index is 13.7. The standard InChI is InChI=1S/C11H12BFN2O2S/c1-15-6-10(5-14-15)18-7-8-2-3-9(12(16)17)4-11(8)13/h2-6,16-17H,7H2,1H3. The molecule has 7 heteroatoms. The van der Waals surface area contributed by atoms with Crippen LogP contribution in [-0.2, 0) is 12.8 Å². The van der Waals surface area contributed by atoms with E-state index in [1.54, 1.807) is 16.9 Å². The Morgan fingerprint density at radius 2 is 2.22 bits per heavy atom. The Bertz CT molecular complexity index is 548. The Labute approximate surface area is 109 Å². The van der Waals surface area contributed by atoms with Gasteiger partial charge < -0.3 is 10.0 Å². The van der Waals surface area contributed by atoms with Crippen molar-refractivity contribution in [1.82, 2.24) is 9.78 Å². The van der Waals surface area contributed by atoms with E-state index in [0.29, 0.717) is 11.3 Å². The predicted octanol–water partition coefficient (Wildman–Crippen LogP) is 0.531. The lowest BCUT2D eigenvalue weighted by molar-refractivity contribution is 0.425. The zero-order chi connectivity index (χ0) is 13.1. The van der Waals surface area contributed by atoms with Gasteiger partial charge >= 0.3 is 7.12 Å². The van der Waals surface area contributed by atoms with Gasteiger partial charge in [0.15, 0.2) is 0 Å². The molecule has 0 aliphatic carbocycles. The fourth-order valence-electron chi connectivity index (χ4n) is 1.48. The van der Waals surface area contributed by atoms with E-state index in [0.717, 1.165) is 11.0 Å².